The quantitative estimate of drug-likeness (QED) is 0.517. The van der Waals surface area contributed by atoms with E-state index in [0.29, 0.717) is 5.82 Å². The van der Waals surface area contributed by atoms with Gasteiger partial charge >= 0.3 is 0 Å². The Kier molecular flexibility index (Phi) is 5.05. The first-order chi connectivity index (χ1) is 20.2. The van der Waals surface area contributed by atoms with Gasteiger partial charge in [0.25, 0.3) is 0 Å². The van der Waals surface area contributed by atoms with Crippen LogP contribution in [0.5, 0.6) is 0 Å². The van der Waals surface area contributed by atoms with E-state index in [0.717, 1.165) is 57.7 Å². The first kappa shape index (κ1) is 24.8. The zero-order chi connectivity index (χ0) is 28.7. The van der Waals surface area contributed by atoms with E-state index in [-0.39, 0.29) is 11.7 Å². The Labute approximate surface area is 242 Å². The van der Waals surface area contributed by atoms with Gasteiger partial charge in [-0.15, -0.1) is 0 Å². The zero-order valence-electron chi connectivity index (χ0n) is 23.7. The number of Topliss-reactive ketones (excluding diaryl/α,β-unsaturated/α-hetero) is 1. The minimum Gasteiger partial charge on any atom is -0.372 e. The molecule has 42 heavy (non-hydrogen) atoms. The molecule has 5 aliphatic rings. The van der Waals surface area contributed by atoms with Crippen LogP contribution < -0.4 is 16.0 Å². The van der Waals surface area contributed by atoms with Gasteiger partial charge in [0.1, 0.15) is 16.9 Å². The van der Waals surface area contributed by atoms with Crippen LogP contribution in [-0.2, 0) is 10.3 Å². The largest absolute Gasteiger partial charge is 0.372 e. The fourth-order valence-electron chi connectivity index (χ4n) is 6.33. The molecule has 208 valence electrons. The van der Waals surface area contributed by atoms with Crippen molar-refractivity contribution in [3.05, 3.63) is 107 Å². The Morgan fingerprint density at radius 2 is 1.71 bits per heavy atom. The number of H-pyrrole nitrogens is 1. The average Bonchev–Trinajstić information content (AvgIpc) is 3.33. The molecule has 1 saturated heterocycles. The van der Waals surface area contributed by atoms with Crippen LogP contribution in [0.1, 0.15) is 38.2 Å². The smallest absolute Gasteiger partial charge is 0.173 e. The average molecular weight is 555 g/mol. The van der Waals surface area contributed by atoms with Crippen molar-refractivity contribution in [3.63, 3.8) is 0 Å². The van der Waals surface area contributed by atoms with Crippen molar-refractivity contribution in [2.24, 2.45) is 21.3 Å². The van der Waals surface area contributed by atoms with Gasteiger partial charge in [-0.05, 0) is 100 Å². The van der Waals surface area contributed by atoms with E-state index in [1.807, 2.05) is 80.1 Å². The van der Waals surface area contributed by atoms with Gasteiger partial charge in [0.05, 0.1) is 52.6 Å². The van der Waals surface area contributed by atoms with Crippen LogP contribution in [0.3, 0.4) is 0 Å². The number of fused-ring (bicyclic) bond motifs is 6. The van der Waals surface area contributed by atoms with E-state index in [9.17, 15) is 4.79 Å². The van der Waals surface area contributed by atoms with E-state index in [1.54, 1.807) is 18.7 Å². The molecule has 7 heterocycles. The summed E-state index contributed by atoms with van der Waals surface area (Å²) in [6.45, 7) is 5.87. The molecule has 2 N–H and O–H groups in total. The summed E-state index contributed by atoms with van der Waals surface area (Å²) in [7, 11) is 0. The molecule has 4 aliphatic heterocycles. The third-order valence-corrected chi connectivity index (χ3v) is 8.82. The highest BCUT2D eigenvalue weighted by Crippen LogP contribution is 2.52. The number of hydrogen-bond acceptors (Lipinski definition) is 7. The molecule has 2 unspecified atom stereocenters. The summed E-state index contributed by atoms with van der Waals surface area (Å²) in [5.41, 5.74) is 2.31. The summed E-state index contributed by atoms with van der Waals surface area (Å²) < 4.78 is 1.90. The summed E-state index contributed by atoms with van der Waals surface area (Å²) in [6.07, 6.45) is 25.5. The van der Waals surface area contributed by atoms with E-state index in [2.05, 4.69) is 32.4 Å². The van der Waals surface area contributed by atoms with Crippen molar-refractivity contribution < 1.29 is 4.79 Å². The maximum atomic E-state index is 14.4. The lowest BCUT2D eigenvalue weighted by Crippen LogP contribution is -2.47. The van der Waals surface area contributed by atoms with Crippen molar-refractivity contribution in [3.8, 4) is 5.69 Å². The van der Waals surface area contributed by atoms with Crippen molar-refractivity contribution in [2.75, 3.05) is 0 Å². The van der Waals surface area contributed by atoms with Crippen molar-refractivity contribution in [1.29, 1.82) is 0 Å². The van der Waals surface area contributed by atoms with E-state index in [4.69, 9.17) is 15.0 Å². The topological polar surface area (TPSA) is 113 Å². The number of rotatable bonds is 3. The predicted octanol–water partition coefficient (Wildman–Crippen LogP) is 2.91. The Morgan fingerprint density at radius 3 is 2.48 bits per heavy atom. The van der Waals surface area contributed by atoms with E-state index in [1.165, 1.54) is 0 Å². The molecule has 2 fully saturated rings. The molecular formula is C33H30N8O. The van der Waals surface area contributed by atoms with E-state index < -0.39 is 16.5 Å². The summed E-state index contributed by atoms with van der Waals surface area (Å²) in [6, 6.07) is 4.07. The van der Waals surface area contributed by atoms with Crippen LogP contribution in [0.2, 0.25) is 0 Å². The number of carbonyl (C=O) groups excluding carboxylic acids is 1. The van der Waals surface area contributed by atoms with Gasteiger partial charge in [-0.3, -0.25) is 9.79 Å². The minimum absolute atomic E-state index is 0.158. The first-order valence-electron chi connectivity index (χ1n) is 14.3. The summed E-state index contributed by atoms with van der Waals surface area (Å²) >= 11 is 0. The third kappa shape index (κ3) is 3.83. The molecule has 0 amide bonds. The molecule has 1 aliphatic carbocycles. The number of imidazole rings is 1. The molecule has 0 radical (unpaired) electrons. The van der Waals surface area contributed by atoms with Gasteiger partial charge in [0, 0.05) is 22.6 Å². The van der Waals surface area contributed by atoms with Gasteiger partial charge in [-0.1, -0.05) is 0 Å². The number of aliphatic imine (C=N–C) groups is 2. The SMILES string of the molecule is Cc1ncc(-n2cnc(C34C=CC(=N3)C=c3ccc([nH]3)=CC3=NC(=CC5(C6CC6)NC(=C4)C(C)(C)C5=O)C=C3)c2)cn1. The van der Waals surface area contributed by atoms with Gasteiger partial charge in [0.15, 0.2) is 5.78 Å². The fourth-order valence-corrected chi connectivity index (χ4v) is 6.33. The standard InChI is InChI=1S/C33H30N8O/c1-20-34-16-27(17-35-20)41-18-29(36-19-41)32-11-10-25(39-32)13-24-7-6-22(37-24)12-23-8-9-26(38-23)14-33(21-4-5-21)30(42)31(2,3)28(15-32)40-33/h6-19,21,37,40H,4-5H2,1-3H3. The second kappa shape index (κ2) is 8.55. The zero-order valence-corrected chi connectivity index (χ0v) is 23.7. The first-order valence-corrected chi connectivity index (χ1v) is 14.3. The van der Waals surface area contributed by atoms with Crippen LogP contribution in [-0.4, -0.2) is 47.2 Å². The maximum Gasteiger partial charge on any atom is 0.173 e. The Balaban J connectivity index is 1.35. The third-order valence-electron chi connectivity index (χ3n) is 8.82. The van der Waals surface area contributed by atoms with Crippen LogP contribution in [0.4, 0.5) is 0 Å². The lowest BCUT2D eigenvalue weighted by Gasteiger charge is -2.26. The summed E-state index contributed by atoms with van der Waals surface area (Å²) in [5.74, 6) is 1.08. The maximum absolute atomic E-state index is 14.4. The monoisotopic (exact) mass is 554 g/mol. The molecule has 3 aromatic heterocycles. The highest BCUT2D eigenvalue weighted by atomic mass is 16.1. The highest BCUT2D eigenvalue weighted by Gasteiger charge is 2.60. The van der Waals surface area contributed by atoms with Crippen molar-refractivity contribution in [1.82, 2.24) is 29.8 Å². The Hall–Kier alpha value is -4.92. The molecule has 9 nitrogen and oxygen atoms in total. The number of nitrogens with one attached hydrogen (secondary N) is 2. The number of carbonyl (C=O) groups is 1. The molecule has 0 spiro atoms. The van der Waals surface area contributed by atoms with Gasteiger partial charge in [-0.2, -0.15) is 0 Å². The predicted molar refractivity (Wildman–Crippen MR) is 161 cm³/mol. The molecule has 8 bridgehead atoms. The molecule has 2 atom stereocenters. The normalized spacial score (nSPS) is 27.1. The summed E-state index contributed by atoms with van der Waals surface area (Å²) in [5, 5.41) is 5.62. The number of ketones is 1. The summed E-state index contributed by atoms with van der Waals surface area (Å²) in [4.78, 5) is 41.4. The van der Waals surface area contributed by atoms with Crippen LogP contribution >= 0.6 is 0 Å². The molecule has 9 heteroatoms. The fraction of sp³-hybridized carbons (Fsp3) is 0.273. The van der Waals surface area contributed by atoms with Crippen molar-refractivity contribution in [2.45, 2.75) is 44.7 Å². The Bertz CT molecular complexity index is 1980. The van der Waals surface area contributed by atoms with E-state index >= 15 is 0 Å². The molecule has 3 aromatic rings. The second-order valence-corrected chi connectivity index (χ2v) is 12.2. The van der Waals surface area contributed by atoms with Gasteiger partial charge in [-0.25, -0.2) is 19.9 Å². The van der Waals surface area contributed by atoms with Crippen LogP contribution in [0, 0.1) is 18.3 Å². The number of aromatic amines is 1. The number of nitrogens with zero attached hydrogens (tertiary/aromatic N) is 6. The number of hydrogen-bond donors (Lipinski definition) is 2. The second-order valence-electron chi connectivity index (χ2n) is 12.2. The van der Waals surface area contributed by atoms with Crippen LogP contribution in [0.25, 0.3) is 17.8 Å². The highest BCUT2D eigenvalue weighted by molar-refractivity contribution is 6.20. The molecule has 8 rings (SSSR count). The number of allylic oxidation sites excluding steroid dienone is 4. The number of aromatic nitrogens is 5. The Morgan fingerprint density at radius 1 is 0.952 bits per heavy atom. The van der Waals surface area contributed by atoms with Crippen LogP contribution in [0.15, 0.2) is 94.9 Å². The molecule has 0 aromatic carbocycles. The minimum atomic E-state index is -0.924. The molecular weight excluding hydrogens is 524 g/mol. The number of aryl methyl sites for hydroxylation is 1. The van der Waals surface area contributed by atoms with Crippen molar-refractivity contribution >= 4 is 29.4 Å². The lowest BCUT2D eigenvalue weighted by atomic mass is 9.77. The lowest BCUT2D eigenvalue weighted by molar-refractivity contribution is -0.127. The van der Waals surface area contributed by atoms with Gasteiger partial charge < -0.3 is 14.9 Å². The van der Waals surface area contributed by atoms with Gasteiger partial charge in [0.2, 0.25) is 0 Å². The molecule has 1 saturated carbocycles.